The first-order valence-corrected chi connectivity index (χ1v) is 8.46. The summed E-state index contributed by atoms with van der Waals surface area (Å²) in [7, 11) is 0. The van der Waals surface area contributed by atoms with Gasteiger partial charge in [0.2, 0.25) is 0 Å². The van der Waals surface area contributed by atoms with Crippen LogP contribution >= 0.6 is 34.8 Å². The summed E-state index contributed by atoms with van der Waals surface area (Å²) in [5.74, 6) is 1.22. The summed E-state index contributed by atoms with van der Waals surface area (Å²) in [4.78, 5) is 9.17. The highest BCUT2D eigenvalue weighted by atomic mass is 35.5. The third-order valence-corrected chi connectivity index (χ3v) is 4.39. The van der Waals surface area contributed by atoms with Gasteiger partial charge in [-0.3, -0.25) is 4.40 Å². The largest absolute Gasteiger partial charge is 0.463 e. The standard InChI is InChI=1S/C18H10Cl3N3O/c19-12-4-3-11(14(21)8-12)9-22-18-17(15-2-1-7-25-15)23-16-6-5-13(20)10-24(16)18/h1-10H. The number of aromatic nitrogens is 2. The molecule has 3 heterocycles. The van der Waals surface area contributed by atoms with Gasteiger partial charge in [-0.05, 0) is 36.4 Å². The molecule has 0 amide bonds. The summed E-state index contributed by atoms with van der Waals surface area (Å²) in [6.07, 6.45) is 5.01. The first-order chi connectivity index (χ1) is 12.1. The van der Waals surface area contributed by atoms with Crippen LogP contribution in [0.3, 0.4) is 0 Å². The van der Waals surface area contributed by atoms with Crippen LogP contribution in [0.4, 0.5) is 5.82 Å². The van der Waals surface area contributed by atoms with Crippen molar-refractivity contribution in [2.75, 3.05) is 0 Å². The summed E-state index contributed by atoms with van der Waals surface area (Å²) < 4.78 is 7.29. The Morgan fingerprint density at radius 2 is 1.88 bits per heavy atom. The number of benzene rings is 1. The van der Waals surface area contributed by atoms with E-state index in [1.165, 1.54) is 0 Å². The number of nitrogens with zero attached hydrogens (tertiary/aromatic N) is 3. The number of pyridine rings is 1. The maximum absolute atomic E-state index is 6.21. The number of fused-ring (bicyclic) bond motifs is 1. The molecule has 4 rings (SSSR count). The molecule has 0 unspecified atom stereocenters. The highest BCUT2D eigenvalue weighted by Crippen LogP contribution is 2.32. The Labute approximate surface area is 158 Å². The van der Waals surface area contributed by atoms with Crippen LogP contribution in [0.1, 0.15) is 5.56 Å². The van der Waals surface area contributed by atoms with E-state index in [0.29, 0.717) is 38.0 Å². The monoisotopic (exact) mass is 389 g/mol. The van der Waals surface area contributed by atoms with Gasteiger partial charge in [0.05, 0.1) is 16.3 Å². The summed E-state index contributed by atoms with van der Waals surface area (Å²) in [6.45, 7) is 0. The molecule has 124 valence electrons. The number of aliphatic imine (C=N–C) groups is 1. The van der Waals surface area contributed by atoms with Gasteiger partial charge in [-0.25, -0.2) is 9.98 Å². The normalized spacial score (nSPS) is 11.6. The highest BCUT2D eigenvalue weighted by Gasteiger charge is 2.15. The van der Waals surface area contributed by atoms with E-state index < -0.39 is 0 Å². The van der Waals surface area contributed by atoms with Gasteiger partial charge in [0.25, 0.3) is 0 Å². The summed E-state index contributed by atoms with van der Waals surface area (Å²) in [6, 6.07) is 12.5. The van der Waals surface area contributed by atoms with Gasteiger partial charge >= 0.3 is 0 Å². The zero-order valence-electron chi connectivity index (χ0n) is 12.7. The number of furan rings is 1. The number of rotatable bonds is 3. The van der Waals surface area contributed by atoms with Crippen molar-refractivity contribution in [3.8, 4) is 11.5 Å². The minimum Gasteiger partial charge on any atom is -0.463 e. The molecule has 0 aliphatic carbocycles. The average Bonchev–Trinajstić information content (AvgIpc) is 3.21. The predicted octanol–water partition coefficient (Wildman–Crippen LogP) is 6.31. The first kappa shape index (κ1) is 16.2. The van der Waals surface area contributed by atoms with Gasteiger partial charge in [-0.15, -0.1) is 0 Å². The van der Waals surface area contributed by atoms with E-state index >= 15 is 0 Å². The Kier molecular flexibility index (Phi) is 4.25. The molecular formula is C18H10Cl3N3O. The van der Waals surface area contributed by atoms with Crippen molar-refractivity contribution in [3.63, 3.8) is 0 Å². The Bertz CT molecular complexity index is 1080. The van der Waals surface area contributed by atoms with Gasteiger partial charge in [-0.1, -0.05) is 40.9 Å². The Morgan fingerprint density at radius 3 is 2.64 bits per heavy atom. The van der Waals surface area contributed by atoms with Crippen LogP contribution in [-0.4, -0.2) is 15.6 Å². The van der Waals surface area contributed by atoms with Crippen molar-refractivity contribution in [3.05, 3.63) is 75.6 Å². The van der Waals surface area contributed by atoms with Crippen LogP contribution in [0, 0.1) is 0 Å². The van der Waals surface area contributed by atoms with Crippen LogP contribution in [0.5, 0.6) is 0 Å². The second-order valence-corrected chi connectivity index (χ2v) is 6.54. The zero-order valence-corrected chi connectivity index (χ0v) is 14.9. The Morgan fingerprint density at radius 1 is 1.04 bits per heavy atom. The van der Waals surface area contributed by atoms with Crippen LogP contribution in [0.15, 0.2) is 64.3 Å². The molecule has 0 saturated heterocycles. The molecule has 25 heavy (non-hydrogen) atoms. The lowest BCUT2D eigenvalue weighted by molar-refractivity contribution is 0.580. The molecule has 0 radical (unpaired) electrons. The van der Waals surface area contributed by atoms with Crippen LogP contribution in [-0.2, 0) is 0 Å². The number of halogens is 3. The molecule has 0 N–H and O–H groups in total. The fourth-order valence-corrected chi connectivity index (χ4v) is 3.06. The minimum atomic E-state index is 0.516. The van der Waals surface area contributed by atoms with Crippen molar-refractivity contribution in [2.45, 2.75) is 0 Å². The lowest BCUT2D eigenvalue weighted by atomic mass is 10.2. The van der Waals surface area contributed by atoms with Gasteiger partial charge in [0.15, 0.2) is 17.3 Å². The van der Waals surface area contributed by atoms with Crippen molar-refractivity contribution in [1.29, 1.82) is 0 Å². The molecule has 4 aromatic rings. The molecule has 0 saturated carbocycles. The Balaban J connectivity index is 1.88. The summed E-state index contributed by atoms with van der Waals surface area (Å²) >= 11 is 18.3. The lowest BCUT2D eigenvalue weighted by Crippen LogP contribution is -1.86. The Hall–Kier alpha value is -2.27. The molecule has 0 spiro atoms. The molecule has 0 fully saturated rings. The smallest absolute Gasteiger partial charge is 0.168 e. The third kappa shape index (κ3) is 3.16. The average molecular weight is 391 g/mol. The summed E-state index contributed by atoms with van der Waals surface area (Å²) in [5, 5.41) is 1.67. The number of hydrogen-bond acceptors (Lipinski definition) is 3. The SMILES string of the molecule is Clc1ccc(C=Nc2c(-c3ccco3)nc3ccc(Cl)cn23)c(Cl)c1. The fraction of sp³-hybridized carbons (Fsp3) is 0. The lowest BCUT2D eigenvalue weighted by Gasteiger charge is -2.01. The molecule has 0 atom stereocenters. The highest BCUT2D eigenvalue weighted by molar-refractivity contribution is 6.36. The predicted molar refractivity (Wildman–Crippen MR) is 102 cm³/mol. The first-order valence-electron chi connectivity index (χ1n) is 7.32. The van der Waals surface area contributed by atoms with Crippen LogP contribution < -0.4 is 0 Å². The van der Waals surface area contributed by atoms with Crippen LogP contribution in [0.2, 0.25) is 15.1 Å². The van der Waals surface area contributed by atoms with Crippen molar-refractivity contribution in [1.82, 2.24) is 9.38 Å². The molecule has 0 bridgehead atoms. The van der Waals surface area contributed by atoms with E-state index in [-0.39, 0.29) is 0 Å². The molecular weight excluding hydrogens is 381 g/mol. The van der Waals surface area contributed by atoms with E-state index in [1.54, 1.807) is 53.4 Å². The molecule has 4 nitrogen and oxygen atoms in total. The number of imidazole rings is 1. The topological polar surface area (TPSA) is 42.8 Å². The maximum Gasteiger partial charge on any atom is 0.168 e. The van der Waals surface area contributed by atoms with Crippen molar-refractivity contribution < 1.29 is 4.42 Å². The summed E-state index contributed by atoms with van der Waals surface area (Å²) in [5.41, 5.74) is 2.08. The quantitative estimate of drug-likeness (QED) is 0.385. The second-order valence-electron chi connectivity index (χ2n) is 5.26. The van der Waals surface area contributed by atoms with Gasteiger partial charge in [-0.2, -0.15) is 0 Å². The second kappa shape index (κ2) is 6.56. The molecule has 7 heteroatoms. The molecule has 0 aliphatic heterocycles. The zero-order chi connectivity index (χ0) is 17.4. The third-order valence-electron chi connectivity index (χ3n) is 3.60. The van der Waals surface area contributed by atoms with E-state index in [1.807, 2.05) is 12.1 Å². The van der Waals surface area contributed by atoms with Gasteiger partial charge in [0, 0.05) is 23.0 Å². The van der Waals surface area contributed by atoms with E-state index in [9.17, 15) is 0 Å². The van der Waals surface area contributed by atoms with Gasteiger partial charge < -0.3 is 4.42 Å². The maximum atomic E-state index is 6.21. The molecule has 0 aliphatic rings. The van der Waals surface area contributed by atoms with E-state index in [2.05, 4.69) is 9.98 Å². The minimum absolute atomic E-state index is 0.516. The van der Waals surface area contributed by atoms with E-state index in [4.69, 9.17) is 39.2 Å². The van der Waals surface area contributed by atoms with Gasteiger partial charge in [0.1, 0.15) is 5.65 Å². The molecule has 3 aromatic heterocycles. The number of hydrogen-bond donors (Lipinski definition) is 0. The van der Waals surface area contributed by atoms with E-state index in [0.717, 1.165) is 5.56 Å². The molecule has 1 aromatic carbocycles. The van der Waals surface area contributed by atoms with Crippen LogP contribution in [0.25, 0.3) is 17.1 Å². The van der Waals surface area contributed by atoms with Crippen molar-refractivity contribution in [2.24, 2.45) is 4.99 Å². The van der Waals surface area contributed by atoms with Crippen molar-refractivity contribution >= 4 is 52.5 Å². The fourth-order valence-electron chi connectivity index (χ4n) is 2.45.